The van der Waals surface area contributed by atoms with Crippen LogP contribution in [0.25, 0.3) is 0 Å². The number of piperidine rings is 1. The normalized spacial score (nSPS) is 29.9. The summed E-state index contributed by atoms with van der Waals surface area (Å²) >= 11 is 0. The molecule has 1 saturated carbocycles. The molecule has 0 bridgehead atoms. The van der Waals surface area contributed by atoms with Crippen molar-refractivity contribution in [1.82, 2.24) is 9.97 Å². The number of aliphatic hydroxyl groups is 1. The molecular weight excluding hydrogens is 256 g/mol. The van der Waals surface area contributed by atoms with Crippen molar-refractivity contribution in [3.8, 4) is 5.88 Å². The first-order valence-electron chi connectivity index (χ1n) is 7.26. The van der Waals surface area contributed by atoms with Gasteiger partial charge in [-0.05, 0) is 19.3 Å². The summed E-state index contributed by atoms with van der Waals surface area (Å²) in [6, 6.07) is 1.81. The molecule has 20 heavy (non-hydrogen) atoms. The van der Waals surface area contributed by atoms with Crippen molar-refractivity contribution < 1.29 is 9.84 Å². The zero-order chi connectivity index (χ0) is 14.2. The third-order valence-electron chi connectivity index (χ3n) is 4.67. The second-order valence-electron chi connectivity index (χ2n) is 5.87. The minimum absolute atomic E-state index is 0.226. The Morgan fingerprint density at radius 2 is 2.25 bits per heavy atom. The Hall–Kier alpha value is -1.56. The van der Waals surface area contributed by atoms with Crippen molar-refractivity contribution in [3.05, 3.63) is 6.07 Å². The fourth-order valence-electron chi connectivity index (χ4n) is 3.48. The van der Waals surface area contributed by atoms with Gasteiger partial charge < -0.3 is 20.5 Å². The average molecular weight is 278 g/mol. The second kappa shape index (κ2) is 5.09. The van der Waals surface area contributed by atoms with E-state index in [1.807, 2.05) is 6.07 Å². The third kappa shape index (κ3) is 2.40. The van der Waals surface area contributed by atoms with Crippen LogP contribution in [-0.4, -0.2) is 40.9 Å². The van der Waals surface area contributed by atoms with Gasteiger partial charge in [0, 0.05) is 25.1 Å². The van der Waals surface area contributed by atoms with Gasteiger partial charge in [-0.25, -0.2) is 0 Å². The number of aromatic nitrogens is 2. The Bertz CT molecular complexity index is 496. The van der Waals surface area contributed by atoms with Gasteiger partial charge in [-0.2, -0.15) is 9.97 Å². The number of hydrogen-bond donors (Lipinski definition) is 2. The molecule has 0 radical (unpaired) electrons. The average Bonchev–Trinajstić information content (AvgIpc) is 2.45. The molecule has 1 aromatic heterocycles. The molecule has 1 aliphatic heterocycles. The molecule has 2 atom stereocenters. The molecule has 110 valence electrons. The smallest absolute Gasteiger partial charge is 0.225 e. The molecule has 0 amide bonds. The van der Waals surface area contributed by atoms with Gasteiger partial charge in [-0.3, -0.25) is 0 Å². The SMILES string of the molecule is COc1cc(N2CCC3(O)CCCCC3C2)nc(N)n1. The summed E-state index contributed by atoms with van der Waals surface area (Å²) in [5.41, 5.74) is 5.25. The van der Waals surface area contributed by atoms with Crippen molar-refractivity contribution in [2.24, 2.45) is 5.92 Å². The van der Waals surface area contributed by atoms with Crippen LogP contribution in [0.15, 0.2) is 6.07 Å². The summed E-state index contributed by atoms with van der Waals surface area (Å²) in [5, 5.41) is 10.7. The Kier molecular flexibility index (Phi) is 3.41. The summed E-state index contributed by atoms with van der Waals surface area (Å²) in [6.07, 6.45) is 5.16. The van der Waals surface area contributed by atoms with E-state index in [1.54, 1.807) is 7.11 Å². The highest BCUT2D eigenvalue weighted by atomic mass is 16.5. The molecule has 1 aliphatic carbocycles. The van der Waals surface area contributed by atoms with E-state index in [4.69, 9.17) is 10.5 Å². The summed E-state index contributed by atoms with van der Waals surface area (Å²) in [7, 11) is 1.57. The molecule has 3 N–H and O–H groups in total. The molecule has 1 aromatic rings. The summed E-state index contributed by atoms with van der Waals surface area (Å²) in [5.74, 6) is 1.83. The van der Waals surface area contributed by atoms with Crippen LogP contribution in [0.4, 0.5) is 11.8 Å². The fraction of sp³-hybridized carbons (Fsp3) is 0.714. The van der Waals surface area contributed by atoms with Crippen LogP contribution in [0.5, 0.6) is 5.88 Å². The maximum atomic E-state index is 10.7. The van der Waals surface area contributed by atoms with Gasteiger partial charge in [0.1, 0.15) is 5.82 Å². The highest BCUT2D eigenvalue weighted by Crippen LogP contribution is 2.40. The molecule has 0 spiro atoms. The van der Waals surface area contributed by atoms with Gasteiger partial charge in [-0.15, -0.1) is 0 Å². The van der Waals surface area contributed by atoms with Crippen molar-refractivity contribution in [2.75, 3.05) is 30.8 Å². The Balaban J connectivity index is 1.80. The molecule has 6 nitrogen and oxygen atoms in total. The molecule has 2 unspecified atom stereocenters. The predicted molar refractivity (Wildman–Crippen MR) is 76.7 cm³/mol. The molecule has 2 heterocycles. The molecule has 2 aliphatic rings. The van der Waals surface area contributed by atoms with Gasteiger partial charge in [0.2, 0.25) is 11.8 Å². The van der Waals surface area contributed by atoms with E-state index in [0.717, 1.165) is 44.6 Å². The largest absolute Gasteiger partial charge is 0.481 e. The number of anilines is 2. The highest BCUT2D eigenvalue weighted by Gasteiger charge is 2.43. The monoisotopic (exact) mass is 278 g/mol. The zero-order valence-corrected chi connectivity index (χ0v) is 11.9. The van der Waals surface area contributed by atoms with Crippen LogP contribution in [0, 0.1) is 5.92 Å². The molecule has 2 fully saturated rings. The highest BCUT2D eigenvalue weighted by molar-refractivity contribution is 5.46. The number of fused-ring (bicyclic) bond motifs is 1. The summed E-state index contributed by atoms with van der Waals surface area (Å²) < 4.78 is 5.15. The maximum Gasteiger partial charge on any atom is 0.225 e. The lowest BCUT2D eigenvalue weighted by Crippen LogP contribution is -2.53. The van der Waals surface area contributed by atoms with E-state index in [2.05, 4.69) is 14.9 Å². The van der Waals surface area contributed by atoms with E-state index in [-0.39, 0.29) is 5.95 Å². The first-order valence-corrected chi connectivity index (χ1v) is 7.26. The molecular formula is C14H22N4O2. The lowest BCUT2D eigenvalue weighted by Gasteiger charge is -2.47. The van der Waals surface area contributed by atoms with Gasteiger partial charge in [-0.1, -0.05) is 12.8 Å². The number of nitrogens with zero attached hydrogens (tertiary/aromatic N) is 3. The van der Waals surface area contributed by atoms with E-state index in [9.17, 15) is 5.11 Å². The standard InChI is InChI=1S/C14H22N4O2/c1-20-12-8-11(16-13(15)17-12)18-7-6-14(19)5-3-2-4-10(14)9-18/h8,10,19H,2-7,9H2,1H3,(H2,15,16,17). The number of rotatable bonds is 2. The number of ether oxygens (including phenoxy) is 1. The van der Waals surface area contributed by atoms with Crippen LogP contribution in [0.1, 0.15) is 32.1 Å². The van der Waals surface area contributed by atoms with E-state index in [1.165, 1.54) is 6.42 Å². The van der Waals surface area contributed by atoms with Crippen LogP contribution in [0.2, 0.25) is 0 Å². The summed E-state index contributed by atoms with van der Waals surface area (Å²) in [4.78, 5) is 10.5. The van der Waals surface area contributed by atoms with Crippen molar-refractivity contribution in [2.45, 2.75) is 37.7 Å². The van der Waals surface area contributed by atoms with Crippen LogP contribution in [-0.2, 0) is 0 Å². The lowest BCUT2D eigenvalue weighted by atomic mass is 9.71. The lowest BCUT2D eigenvalue weighted by molar-refractivity contribution is -0.0613. The van der Waals surface area contributed by atoms with Crippen molar-refractivity contribution >= 4 is 11.8 Å². The van der Waals surface area contributed by atoms with Crippen molar-refractivity contribution in [1.29, 1.82) is 0 Å². The van der Waals surface area contributed by atoms with Gasteiger partial charge in [0.05, 0.1) is 12.7 Å². The third-order valence-corrected chi connectivity index (χ3v) is 4.67. The van der Waals surface area contributed by atoms with Crippen LogP contribution >= 0.6 is 0 Å². The molecule has 3 rings (SSSR count). The molecule has 6 heteroatoms. The number of nitrogens with two attached hydrogens (primary N) is 1. The fourth-order valence-corrected chi connectivity index (χ4v) is 3.48. The van der Waals surface area contributed by atoms with Crippen molar-refractivity contribution in [3.63, 3.8) is 0 Å². The van der Waals surface area contributed by atoms with Crippen LogP contribution in [0.3, 0.4) is 0 Å². The number of methoxy groups -OCH3 is 1. The van der Waals surface area contributed by atoms with E-state index in [0.29, 0.717) is 11.8 Å². The maximum absolute atomic E-state index is 10.7. The van der Waals surface area contributed by atoms with Gasteiger partial charge in [0.25, 0.3) is 0 Å². The van der Waals surface area contributed by atoms with Gasteiger partial charge in [0.15, 0.2) is 0 Å². The van der Waals surface area contributed by atoms with E-state index >= 15 is 0 Å². The predicted octanol–water partition coefficient (Wildman–Crippen LogP) is 1.20. The first-order chi connectivity index (χ1) is 9.60. The molecule has 1 saturated heterocycles. The minimum Gasteiger partial charge on any atom is -0.481 e. The zero-order valence-electron chi connectivity index (χ0n) is 11.9. The van der Waals surface area contributed by atoms with Crippen LogP contribution < -0.4 is 15.4 Å². The van der Waals surface area contributed by atoms with Gasteiger partial charge >= 0.3 is 0 Å². The Labute approximate surface area is 119 Å². The van der Waals surface area contributed by atoms with E-state index < -0.39 is 5.60 Å². The molecule has 0 aromatic carbocycles. The topological polar surface area (TPSA) is 84.5 Å². The number of hydrogen-bond acceptors (Lipinski definition) is 6. The minimum atomic E-state index is -0.475. The number of nitrogen functional groups attached to an aromatic ring is 1. The summed E-state index contributed by atoms with van der Waals surface area (Å²) in [6.45, 7) is 1.63. The quantitative estimate of drug-likeness (QED) is 0.845. The Morgan fingerprint density at radius 1 is 1.40 bits per heavy atom. The Morgan fingerprint density at radius 3 is 3.05 bits per heavy atom. The first kappa shape index (κ1) is 13.4. The second-order valence-corrected chi connectivity index (χ2v) is 5.87.